The Labute approximate surface area is 144 Å². The molecular formula is C20H27NO3. The van der Waals surface area contributed by atoms with Crippen LogP contribution in [0.3, 0.4) is 0 Å². The van der Waals surface area contributed by atoms with E-state index >= 15 is 0 Å². The van der Waals surface area contributed by atoms with Gasteiger partial charge in [0, 0.05) is 12.6 Å². The Morgan fingerprint density at radius 1 is 1.12 bits per heavy atom. The minimum absolute atomic E-state index is 0.0486. The third-order valence-electron chi connectivity index (χ3n) is 5.56. The first kappa shape index (κ1) is 17.0. The van der Waals surface area contributed by atoms with Crippen LogP contribution < -0.4 is 0 Å². The van der Waals surface area contributed by atoms with Gasteiger partial charge >= 0.3 is 5.97 Å². The van der Waals surface area contributed by atoms with Crippen LogP contribution in [0.4, 0.5) is 0 Å². The first-order chi connectivity index (χ1) is 11.7. The fraction of sp³-hybridized carbons (Fsp3) is 0.600. The summed E-state index contributed by atoms with van der Waals surface area (Å²) in [6, 6.07) is 10.3. The number of nitrogens with zero attached hydrogens (tertiary/aromatic N) is 1. The molecule has 0 bridgehead atoms. The SMILES string of the molecule is COC(=O)C1CCCC(CC2CCC2)N(Cc2ccccc2)C1=O. The van der Waals surface area contributed by atoms with E-state index < -0.39 is 5.92 Å². The second-order valence-electron chi connectivity index (χ2n) is 7.14. The van der Waals surface area contributed by atoms with Crippen molar-refractivity contribution in [3.8, 4) is 0 Å². The number of benzene rings is 1. The zero-order valence-corrected chi connectivity index (χ0v) is 14.4. The molecule has 0 N–H and O–H groups in total. The van der Waals surface area contributed by atoms with Crippen LogP contribution in [0.5, 0.6) is 0 Å². The fourth-order valence-corrected chi connectivity index (χ4v) is 3.92. The highest BCUT2D eigenvalue weighted by Crippen LogP contribution is 2.35. The molecule has 1 heterocycles. The molecule has 24 heavy (non-hydrogen) atoms. The average Bonchev–Trinajstić information content (AvgIpc) is 2.71. The molecule has 1 aromatic carbocycles. The molecule has 130 valence electrons. The lowest BCUT2D eigenvalue weighted by molar-refractivity contribution is -0.154. The number of hydrogen-bond acceptors (Lipinski definition) is 3. The number of likely N-dealkylation sites (tertiary alicyclic amines) is 1. The summed E-state index contributed by atoms with van der Waals surface area (Å²) in [5, 5.41) is 0. The number of esters is 1. The van der Waals surface area contributed by atoms with E-state index in [0.717, 1.165) is 30.7 Å². The van der Waals surface area contributed by atoms with Gasteiger partial charge in [0.15, 0.2) is 0 Å². The highest BCUT2D eigenvalue weighted by atomic mass is 16.5. The van der Waals surface area contributed by atoms with Crippen molar-refractivity contribution in [2.24, 2.45) is 11.8 Å². The molecule has 0 aromatic heterocycles. The number of ether oxygens (including phenoxy) is 1. The molecule has 1 aromatic rings. The molecule has 1 aliphatic heterocycles. The van der Waals surface area contributed by atoms with Crippen molar-refractivity contribution >= 4 is 11.9 Å². The van der Waals surface area contributed by atoms with Crippen molar-refractivity contribution < 1.29 is 14.3 Å². The molecule has 1 aliphatic carbocycles. The maximum Gasteiger partial charge on any atom is 0.318 e. The lowest BCUT2D eigenvalue weighted by Gasteiger charge is -2.36. The lowest BCUT2D eigenvalue weighted by atomic mass is 9.80. The van der Waals surface area contributed by atoms with Crippen LogP contribution in [0, 0.1) is 11.8 Å². The zero-order chi connectivity index (χ0) is 16.9. The van der Waals surface area contributed by atoms with Crippen LogP contribution in [0.2, 0.25) is 0 Å². The van der Waals surface area contributed by atoms with Crippen molar-refractivity contribution in [1.82, 2.24) is 4.90 Å². The van der Waals surface area contributed by atoms with Gasteiger partial charge in [0.05, 0.1) is 7.11 Å². The van der Waals surface area contributed by atoms with Crippen molar-refractivity contribution in [3.05, 3.63) is 35.9 Å². The summed E-state index contributed by atoms with van der Waals surface area (Å²) in [4.78, 5) is 27.1. The van der Waals surface area contributed by atoms with E-state index in [1.165, 1.54) is 26.4 Å². The van der Waals surface area contributed by atoms with Crippen LogP contribution in [0.15, 0.2) is 30.3 Å². The van der Waals surface area contributed by atoms with Crippen LogP contribution >= 0.6 is 0 Å². The van der Waals surface area contributed by atoms with Gasteiger partial charge in [-0.25, -0.2) is 0 Å². The number of carbonyl (C=O) groups excluding carboxylic acids is 2. The molecule has 1 saturated carbocycles. The van der Waals surface area contributed by atoms with Gasteiger partial charge in [0.25, 0.3) is 0 Å². The van der Waals surface area contributed by atoms with Gasteiger partial charge in [0.1, 0.15) is 5.92 Å². The Kier molecular flexibility index (Phi) is 5.54. The normalized spacial score (nSPS) is 25.0. The molecule has 1 saturated heterocycles. The first-order valence-electron chi connectivity index (χ1n) is 9.11. The Morgan fingerprint density at radius 2 is 1.83 bits per heavy atom. The second-order valence-corrected chi connectivity index (χ2v) is 7.14. The lowest BCUT2D eigenvalue weighted by Crippen LogP contribution is -2.44. The monoisotopic (exact) mass is 329 g/mol. The number of methoxy groups -OCH3 is 1. The van der Waals surface area contributed by atoms with Crippen molar-refractivity contribution in [1.29, 1.82) is 0 Å². The summed E-state index contributed by atoms with van der Waals surface area (Å²) >= 11 is 0. The smallest absolute Gasteiger partial charge is 0.318 e. The maximum atomic E-state index is 13.1. The Balaban J connectivity index is 1.80. The van der Waals surface area contributed by atoms with Gasteiger partial charge in [0.2, 0.25) is 5.91 Å². The standard InChI is InChI=1S/C20H27NO3/c1-24-20(23)18-12-6-11-17(13-15-9-5-10-15)21(19(18)22)14-16-7-3-2-4-8-16/h2-4,7-8,15,17-18H,5-6,9-14H2,1H3. The molecule has 0 radical (unpaired) electrons. The van der Waals surface area contributed by atoms with E-state index in [0.29, 0.717) is 13.0 Å². The van der Waals surface area contributed by atoms with E-state index in [-0.39, 0.29) is 17.9 Å². The van der Waals surface area contributed by atoms with E-state index in [1.807, 2.05) is 35.2 Å². The highest BCUT2D eigenvalue weighted by Gasteiger charge is 2.38. The van der Waals surface area contributed by atoms with E-state index in [4.69, 9.17) is 4.74 Å². The second kappa shape index (κ2) is 7.82. The molecule has 0 spiro atoms. The van der Waals surface area contributed by atoms with Gasteiger partial charge in [-0.2, -0.15) is 0 Å². The molecular weight excluding hydrogens is 302 g/mol. The molecule has 1 amide bonds. The Hall–Kier alpha value is -1.84. The Bertz CT molecular complexity index is 568. The summed E-state index contributed by atoms with van der Waals surface area (Å²) in [7, 11) is 1.37. The number of amides is 1. The summed E-state index contributed by atoms with van der Waals surface area (Å²) in [5.74, 6) is -0.323. The molecule has 2 fully saturated rings. The van der Waals surface area contributed by atoms with Crippen LogP contribution in [-0.4, -0.2) is 29.9 Å². The largest absolute Gasteiger partial charge is 0.468 e. The zero-order valence-electron chi connectivity index (χ0n) is 14.4. The van der Waals surface area contributed by atoms with Crippen molar-refractivity contribution in [3.63, 3.8) is 0 Å². The number of hydrogen-bond donors (Lipinski definition) is 0. The van der Waals surface area contributed by atoms with Crippen LogP contribution in [0.25, 0.3) is 0 Å². The third kappa shape index (κ3) is 3.80. The van der Waals surface area contributed by atoms with E-state index in [2.05, 4.69) is 0 Å². The highest BCUT2D eigenvalue weighted by molar-refractivity contribution is 5.98. The molecule has 3 rings (SSSR count). The summed E-state index contributed by atoms with van der Waals surface area (Å²) in [6.07, 6.45) is 7.46. The summed E-state index contributed by atoms with van der Waals surface area (Å²) in [5.41, 5.74) is 1.12. The minimum Gasteiger partial charge on any atom is -0.468 e. The average molecular weight is 329 g/mol. The van der Waals surface area contributed by atoms with E-state index in [9.17, 15) is 9.59 Å². The van der Waals surface area contributed by atoms with Gasteiger partial charge in [-0.1, -0.05) is 56.0 Å². The topological polar surface area (TPSA) is 46.6 Å². The van der Waals surface area contributed by atoms with Gasteiger partial charge in [-0.15, -0.1) is 0 Å². The van der Waals surface area contributed by atoms with Crippen LogP contribution in [0.1, 0.15) is 50.5 Å². The molecule has 4 nitrogen and oxygen atoms in total. The predicted octanol–water partition coefficient (Wildman–Crippen LogP) is 3.55. The Morgan fingerprint density at radius 3 is 2.46 bits per heavy atom. The molecule has 4 heteroatoms. The molecule has 2 aliphatic rings. The predicted molar refractivity (Wildman–Crippen MR) is 92.1 cm³/mol. The van der Waals surface area contributed by atoms with E-state index in [1.54, 1.807) is 0 Å². The molecule has 2 unspecified atom stereocenters. The first-order valence-corrected chi connectivity index (χ1v) is 9.11. The van der Waals surface area contributed by atoms with Crippen LogP contribution in [-0.2, 0) is 20.9 Å². The fourth-order valence-electron chi connectivity index (χ4n) is 3.92. The van der Waals surface area contributed by atoms with Crippen molar-refractivity contribution in [2.75, 3.05) is 7.11 Å². The third-order valence-corrected chi connectivity index (χ3v) is 5.56. The number of carbonyl (C=O) groups is 2. The molecule has 2 atom stereocenters. The number of rotatable bonds is 5. The van der Waals surface area contributed by atoms with Gasteiger partial charge in [-0.3, -0.25) is 9.59 Å². The minimum atomic E-state index is -0.634. The van der Waals surface area contributed by atoms with Gasteiger partial charge in [-0.05, 0) is 30.7 Å². The quantitative estimate of drug-likeness (QED) is 0.613. The summed E-state index contributed by atoms with van der Waals surface area (Å²) in [6.45, 7) is 0.588. The maximum absolute atomic E-state index is 13.1. The van der Waals surface area contributed by atoms with Gasteiger partial charge < -0.3 is 9.64 Å². The summed E-state index contributed by atoms with van der Waals surface area (Å²) < 4.78 is 4.88. The van der Waals surface area contributed by atoms with Crippen molar-refractivity contribution in [2.45, 2.75) is 57.5 Å².